The Balaban J connectivity index is 1.68. The van der Waals surface area contributed by atoms with Crippen molar-refractivity contribution in [3.05, 3.63) is 47.3 Å². The van der Waals surface area contributed by atoms with Gasteiger partial charge in [0.05, 0.1) is 0 Å². The maximum atomic E-state index is 12.2. The molecule has 126 valence electrons. The van der Waals surface area contributed by atoms with Crippen LogP contribution in [0.2, 0.25) is 0 Å². The van der Waals surface area contributed by atoms with Crippen LogP contribution >= 0.6 is 0 Å². The summed E-state index contributed by atoms with van der Waals surface area (Å²) in [6.45, 7) is 5.03. The van der Waals surface area contributed by atoms with E-state index in [-0.39, 0.29) is 17.7 Å². The van der Waals surface area contributed by atoms with Gasteiger partial charge in [0.25, 0.3) is 5.91 Å². The third kappa shape index (κ3) is 3.04. The van der Waals surface area contributed by atoms with Gasteiger partial charge < -0.3 is 10.2 Å². The van der Waals surface area contributed by atoms with Crippen LogP contribution < -0.4 is 10.2 Å². The van der Waals surface area contributed by atoms with Crippen molar-refractivity contribution >= 4 is 17.5 Å². The molecule has 1 aromatic heterocycles. The predicted molar refractivity (Wildman–Crippen MR) is 91.7 cm³/mol. The Morgan fingerprint density at radius 3 is 2.75 bits per heavy atom. The molecule has 2 amide bonds. The molecule has 3 rings (SSSR count). The van der Waals surface area contributed by atoms with Crippen LogP contribution in [-0.2, 0) is 24.8 Å². The maximum Gasteiger partial charge on any atom is 0.269 e. The molecule has 0 fully saturated rings. The Morgan fingerprint density at radius 2 is 2.08 bits per heavy atom. The summed E-state index contributed by atoms with van der Waals surface area (Å²) in [4.78, 5) is 26.2. The monoisotopic (exact) mass is 326 g/mol. The molecule has 1 aromatic carbocycles. The first-order valence-electron chi connectivity index (χ1n) is 8.16. The van der Waals surface area contributed by atoms with E-state index in [1.54, 1.807) is 24.0 Å². The number of rotatable bonds is 4. The fraction of sp³-hybridized carbons (Fsp3) is 0.389. The molecule has 1 N–H and O–H groups in total. The highest BCUT2D eigenvalue weighted by Gasteiger charge is 2.26. The molecule has 0 spiro atoms. The summed E-state index contributed by atoms with van der Waals surface area (Å²) in [6.07, 6.45) is 2.46. The lowest BCUT2D eigenvalue weighted by Crippen LogP contribution is -2.32. The van der Waals surface area contributed by atoms with E-state index < -0.39 is 0 Å². The first-order chi connectivity index (χ1) is 11.5. The number of aromatic nitrogens is 2. The summed E-state index contributed by atoms with van der Waals surface area (Å²) in [5.41, 5.74) is 3.72. The molecule has 1 aliphatic rings. The quantitative estimate of drug-likeness (QED) is 0.933. The number of carbonyl (C=O) groups is 2. The number of hydrogen-bond acceptors (Lipinski definition) is 3. The molecule has 0 saturated heterocycles. The molecule has 0 atom stereocenters. The van der Waals surface area contributed by atoms with E-state index in [0.717, 1.165) is 29.8 Å². The molecular formula is C18H22N4O2. The zero-order valence-corrected chi connectivity index (χ0v) is 14.2. The van der Waals surface area contributed by atoms with Gasteiger partial charge in [-0.15, -0.1) is 0 Å². The fourth-order valence-electron chi connectivity index (χ4n) is 2.98. The van der Waals surface area contributed by atoms with Crippen LogP contribution in [0.1, 0.15) is 35.5 Å². The van der Waals surface area contributed by atoms with Crippen LogP contribution in [0, 0.1) is 5.92 Å². The Kier molecular flexibility index (Phi) is 4.38. The van der Waals surface area contributed by atoms with Gasteiger partial charge in [0.15, 0.2) is 0 Å². The molecule has 2 heterocycles. The van der Waals surface area contributed by atoms with E-state index >= 15 is 0 Å². The van der Waals surface area contributed by atoms with Gasteiger partial charge in [-0.3, -0.25) is 14.3 Å². The lowest BCUT2D eigenvalue weighted by atomic mass is 10.1. The van der Waals surface area contributed by atoms with Gasteiger partial charge in [0.2, 0.25) is 5.91 Å². The molecule has 24 heavy (non-hydrogen) atoms. The standard InChI is InChI=1S/C18H22N4O2/c1-12(2)18(24)22-9-7-14-10-13(4-5-15(14)22)11-19-17(23)16-6-8-20-21(16)3/h4-6,8,10,12H,7,9,11H2,1-3H3,(H,19,23). The number of nitrogens with one attached hydrogen (secondary N) is 1. The minimum Gasteiger partial charge on any atom is -0.347 e. The van der Waals surface area contributed by atoms with E-state index in [4.69, 9.17) is 0 Å². The van der Waals surface area contributed by atoms with E-state index in [1.165, 1.54) is 0 Å². The van der Waals surface area contributed by atoms with Crippen molar-refractivity contribution < 1.29 is 9.59 Å². The highest BCUT2D eigenvalue weighted by atomic mass is 16.2. The van der Waals surface area contributed by atoms with Crippen molar-refractivity contribution in [2.75, 3.05) is 11.4 Å². The smallest absolute Gasteiger partial charge is 0.269 e. The molecule has 0 saturated carbocycles. The zero-order valence-electron chi connectivity index (χ0n) is 14.2. The molecular weight excluding hydrogens is 304 g/mol. The van der Waals surface area contributed by atoms with Crippen LogP contribution in [0.5, 0.6) is 0 Å². The average molecular weight is 326 g/mol. The van der Waals surface area contributed by atoms with Gasteiger partial charge in [0.1, 0.15) is 5.69 Å². The van der Waals surface area contributed by atoms with Crippen molar-refractivity contribution in [2.24, 2.45) is 13.0 Å². The van der Waals surface area contributed by atoms with E-state index in [0.29, 0.717) is 12.2 Å². The third-order valence-corrected chi connectivity index (χ3v) is 4.31. The SMILES string of the molecule is CC(C)C(=O)N1CCc2cc(CNC(=O)c3ccnn3C)ccc21. The van der Waals surface area contributed by atoms with E-state index in [1.807, 2.05) is 30.9 Å². The number of carbonyl (C=O) groups excluding carboxylic acids is 2. The van der Waals surface area contributed by atoms with Gasteiger partial charge in [-0.1, -0.05) is 26.0 Å². The molecule has 1 aliphatic heterocycles. The van der Waals surface area contributed by atoms with Gasteiger partial charge in [0, 0.05) is 37.9 Å². The Morgan fingerprint density at radius 1 is 1.29 bits per heavy atom. The first kappa shape index (κ1) is 16.2. The summed E-state index contributed by atoms with van der Waals surface area (Å²) in [6, 6.07) is 7.71. The second-order valence-corrected chi connectivity index (χ2v) is 6.38. The fourth-order valence-corrected chi connectivity index (χ4v) is 2.98. The van der Waals surface area contributed by atoms with Crippen molar-refractivity contribution in [1.82, 2.24) is 15.1 Å². The normalized spacial score (nSPS) is 13.2. The molecule has 0 bridgehead atoms. The number of benzene rings is 1. The van der Waals surface area contributed by atoms with Crippen molar-refractivity contribution in [3.63, 3.8) is 0 Å². The predicted octanol–water partition coefficient (Wildman–Crippen LogP) is 1.90. The minimum absolute atomic E-state index is 0.00573. The van der Waals surface area contributed by atoms with Crippen molar-refractivity contribution in [3.8, 4) is 0 Å². The molecule has 2 aromatic rings. The molecule has 0 unspecified atom stereocenters. The Bertz CT molecular complexity index is 779. The van der Waals surface area contributed by atoms with Crippen LogP contribution in [0.15, 0.2) is 30.5 Å². The highest BCUT2D eigenvalue weighted by molar-refractivity contribution is 5.96. The maximum absolute atomic E-state index is 12.2. The molecule has 0 aliphatic carbocycles. The van der Waals surface area contributed by atoms with Crippen LogP contribution in [0.4, 0.5) is 5.69 Å². The number of amides is 2. The van der Waals surface area contributed by atoms with Crippen LogP contribution in [-0.4, -0.2) is 28.1 Å². The topological polar surface area (TPSA) is 67.2 Å². The largest absolute Gasteiger partial charge is 0.347 e. The second-order valence-electron chi connectivity index (χ2n) is 6.38. The summed E-state index contributed by atoms with van der Waals surface area (Å²) in [5.74, 6) is 0.00642. The van der Waals surface area contributed by atoms with Crippen molar-refractivity contribution in [1.29, 1.82) is 0 Å². The van der Waals surface area contributed by atoms with Gasteiger partial charge in [-0.25, -0.2) is 0 Å². The lowest BCUT2D eigenvalue weighted by molar-refractivity contribution is -0.121. The van der Waals surface area contributed by atoms with Gasteiger partial charge >= 0.3 is 0 Å². The Labute approximate surface area is 141 Å². The lowest BCUT2D eigenvalue weighted by Gasteiger charge is -2.19. The summed E-state index contributed by atoms with van der Waals surface area (Å²) >= 11 is 0. The molecule has 6 nitrogen and oxygen atoms in total. The number of anilines is 1. The van der Waals surface area contributed by atoms with Crippen LogP contribution in [0.25, 0.3) is 0 Å². The highest BCUT2D eigenvalue weighted by Crippen LogP contribution is 2.30. The van der Waals surface area contributed by atoms with Crippen LogP contribution in [0.3, 0.4) is 0 Å². The van der Waals surface area contributed by atoms with Crippen molar-refractivity contribution in [2.45, 2.75) is 26.8 Å². The van der Waals surface area contributed by atoms with E-state index in [2.05, 4.69) is 16.5 Å². The minimum atomic E-state index is -0.146. The second kappa shape index (κ2) is 6.47. The number of aryl methyl sites for hydroxylation is 1. The number of hydrogen-bond donors (Lipinski definition) is 1. The zero-order chi connectivity index (χ0) is 17.3. The summed E-state index contributed by atoms with van der Waals surface area (Å²) < 4.78 is 1.55. The van der Waals surface area contributed by atoms with Gasteiger partial charge in [-0.2, -0.15) is 5.10 Å². The molecule has 0 radical (unpaired) electrons. The Hall–Kier alpha value is -2.63. The summed E-state index contributed by atoms with van der Waals surface area (Å²) in [7, 11) is 1.74. The molecule has 6 heteroatoms. The summed E-state index contributed by atoms with van der Waals surface area (Å²) in [5, 5.41) is 6.90. The average Bonchev–Trinajstić information content (AvgIpc) is 3.17. The van der Waals surface area contributed by atoms with Gasteiger partial charge in [-0.05, 0) is 29.7 Å². The van der Waals surface area contributed by atoms with E-state index in [9.17, 15) is 9.59 Å². The number of nitrogens with zero attached hydrogens (tertiary/aromatic N) is 3. The number of fused-ring (bicyclic) bond motifs is 1. The first-order valence-corrected chi connectivity index (χ1v) is 8.16. The third-order valence-electron chi connectivity index (χ3n) is 4.31.